The minimum atomic E-state index is -0.269. The van der Waals surface area contributed by atoms with Gasteiger partial charge in [0.1, 0.15) is 0 Å². The van der Waals surface area contributed by atoms with Crippen molar-refractivity contribution in [2.75, 3.05) is 17.2 Å². The van der Waals surface area contributed by atoms with Gasteiger partial charge in [0.05, 0.1) is 0 Å². The molecule has 7 heteroatoms. The molecule has 2 N–H and O–H groups in total. The largest absolute Gasteiger partial charge is 0.360 e. The van der Waals surface area contributed by atoms with Gasteiger partial charge in [-0.25, -0.2) is 0 Å². The number of carbonyl (C=O) groups is 1. The smallest absolute Gasteiger partial charge is 0.250 e. The van der Waals surface area contributed by atoms with Crippen LogP contribution in [0.5, 0.6) is 0 Å². The summed E-state index contributed by atoms with van der Waals surface area (Å²) in [4.78, 5) is 11.9. The van der Waals surface area contributed by atoms with Crippen LogP contribution in [0.4, 0.5) is 10.3 Å². The molecule has 2 aromatic rings. The van der Waals surface area contributed by atoms with E-state index in [1.807, 2.05) is 18.2 Å². The summed E-state index contributed by atoms with van der Waals surface area (Å²) in [7, 11) is 0. The summed E-state index contributed by atoms with van der Waals surface area (Å²) in [5.74, 6) is 0.296. The van der Waals surface area contributed by atoms with Gasteiger partial charge < -0.3 is 5.32 Å². The lowest BCUT2D eigenvalue weighted by molar-refractivity contribution is -0.111. The van der Waals surface area contributed by atoms with E-state index in [1.54, 1.807) is 12.1 Å². The Hall–Kier alpha value is -1.92. The Kier molecular flexibility index (Phi) is 6.55. The SMILES string of the molecule is CCC(C)CNc1nnc(NC(=O)/C=C/c2ccccc2Cl)s1. The fraction of sp³-hybridized carbons (Fsp3) is 0.312. The van der Waals surface area contributed by atoms with Crippen molar-refractivity contribution in [1.29, 1.82) is 0 Å². The first-order chi connectivity index (χ1) is 11.1. The molecule has 1 heterocycles. The van der Waals surface area contributed by atoms with E-state index in [1.165, 1.54) is 17.4 Å². The zero-order chi connectivity index (χ0) is 16.7. The van der Waals surface area contributed by atoms with Gasteiger partial charge in [0.15, 0.2) is 0 Å². The molecular formula is C16H19ClN4OS. The highest BCUT2D eigenvalue weighted by Gasteiger charge is 2.07. The minimum Gasteiger partial charge on any atom is -0.360 e. The monoisotopic (exact) mass is 350 g/mol. The Morgan fingerprint density at radius 3 is 2.83 bits per heavy atom. The van der Waals surface area contributed by atoms with Crippen LogP contribution >= 0.6 is 22.9 Å². The van der Waals surface area contributed by atoms with Crippen molar-refractivity contribution >= 4 is 45.2 Å². The maximum atomic E-state index is 11.9. The summed E-state index contributed by atoms with van der Waals surface area (Å²) in [6.45, 7) is 5.14. The Balaban J connectivity index is 1.88. The standard InChI is InChI=1S/C16H19ClN4OS/c1-3-11(2)10-18-15-20-21-16(23-15)19-14(22)9-8-12-6-4-5-7-13(12)17/h4-9,11H,3,10H2,1-2H3,(H,18,20)(H,19,21,22)/b9-8+. The number of benzene rings is 1. The van der Waals surface area contributed by atoms with E-state index in [4.69, 9.17) is 11.6 Å². The van der Waals surface area contributed by atoms with Crippen LogP contribution < -0.4 is 10.6 Å². The maximum absolute atomic E-state index is 11.9. The van der Waals surface area contributed by atoms with E-state index in [9.17, 15) is 4.79 Å². The molecule has 0 fully saturated rings. The number of hydrogen-bond donors (Lipinski definition) is 2. The third-order valence-corrected chi connectivity index (χ3v) is 4.41. The van der Waals surface area contributed by atoms with Crippen molar-refractivity contribution < 1.29 is 4.79 Å². The average molecular weight is 351 g/mol. The minimum absolute atomic E-state index is 0.269. The highest BCUT2D eigenvalue weighted by molar-refractivity contribution is 7.19. The fourth-order valence-electron chi connectivity index (χ4n) is 1.67. The number of amides is 1. The molecule has 2 rings (SSSR count). The van der Waals surface area contributed by atoms with Crippen molar-refractivity contribution in [1.82, 2.24) is 10.2 Å². The second-order valence-electron chi connectivity index (χ2n) is 5.15. The zero-order valence-electron chi connectivity index (χ0n) is 13.0. The Morgan fingerprint density at radius 2 is 2.09 bits per heavy atom. The number of aromatic nitrogens is 2. The lowest BCUT2D eigenvalue weighted by atomic mass is 10.1. The molecule has 0 spiro atoms. The molecule has 0 saturated heterocycles. The Bertz CT molecular complexity index is 686. The molecule has 0 aliphatic heterocycles. The van der Waals surface area contributed by atoms with Crippen molar-refractivity contribution in [3.63, 3.8) is 0 Å². The quantitative estimate of drug-likeness (QED) is 0.730. The number of nitrogens with one attached hydrogen (secondary N) is 2. The third-order valence-electron chi connectivity index (χ3n) is 3.27. The van der Waals surface area contributed by atoms with Crippen molar-refractivity contribution in [3.05, 3.63) is 40.9 Å². The van der Waals surface area contributed by atoms with E-state index in [-0.39, 0.29) is 5.91 Å². The van der Waals surface area contributed by atoms with E-state index < -0.39 is 0 Å². The zero-order valence-corrected chi connectivity index (χ0v) is 14.6. The van der Waals surface area contributed by atoms with Crippen molar-refractivity contribution in [2.45, 2.75) is 20.3 Å². The van der Waals surface area contributed by atoms with Gasteiger partial charge in [-0.1, -0.05) is 61.4 Å². The van der Waals surface area contributed by atoms with Gasteiger partial charge in [-0.05, 0) is 23.6 Å². The second-order valence-corrected chi connectivity index (χ2v) is 6.54. The summed E-state index contributed by atoms with van der Waals surface area (Å²) in [5, 5.41) is 15.6. The molecule has 1 unspecified atom stereocenters. The predicted octanol–water partition coefficient (Wildman–Crippen LogP) is 4.30. The summed E-state index contributed by atoms with van der Waals surface area (Å²) in [6, 6.07) is 7.32. The first kappa shape index (κ1) is 17.4. The van der Waals surface area contributed by atoms with Crippen molar-refractivity contribution in [2.24, 2.45) is 5.92 Å². The number of hydrogen-bond acceptors (Lipinski definition) is 5. The average Bonchev–Trinajstić information content (AvgIpc) is 2.99. The van der Waals surface area contributed by atoms with Gasteiger partial charge in [0, 0.05) is 17.6 Å². The van der Waals surface area contributed by atoms with Gasteiger partial charge >= 0.3 is 0 Å². The number of anilines is 2. The van der Waals surface area contributed by atoms with E-state index in [0.29, 0.717) is 21.2 Å². The van der Waals surface area contributed by atoms with Gasteiger partial charge in [0.2, 0.25) is 16.2 Å². The Labute approximate surface area is 144 Å². The van der Waals surface area contributed by atoms with Crippen LogP contribution in [0.15, 0.2) is 30.3 Å². The molecule has 5 nitrogen and oxygen atoms in total. The summed E-state index contributed by atoms with van der Waals surface area (Å²) in [5.41, 5.74) is 0.789. The van der Waals surface area contributed by atoms with Crippen LogP contribution in [0.1, 0.15) is 25.8 Å². The molecule has 1 aromatic heterocycles. The highest BCUT2D eigenvalue weighted by Crippen LogP contribution is 2.21. The molecule has 23 heavy (non-hydrogen) atoms. The fourth-order valence-corrected chi connectivity index (χ4v) is 2.53. The van der Waals surface area contributed by atoms with Crippen LogP contribution in [0, 0.1) is 5.92 Å². The number of nitrogens with zero attached hydrogens (tertiary/aromatic N) is 2. The van der Waals surface area contributed by atoms with Crippen molar-refractivity contribution in [3.8, 4) is 0 Å². The first-order valence-electron chi connectivity index (χ1n) is 7.39. The summed E-state index contributed by atoms with van der Waals surface area (Å²) >= 11 is 7.35. The number of carbonyl (C=O) groups excluding carboxylic acids is 1. The van der Waals surface area contributed by atoms with Crippen LogP contribution in [0.2, 0.25) is 5.02 Å². The molecule has 0 aliphatic rings. The normalized spacial score (nSPS) is 12.3. The lowest BCUT2D eigenvalue weighted by Gasteiger charge is -2.07. The lowest BCUT2D eigenvalue weighted by Crippen LogP contribution is -2.09. The summed E-state index contributed by atoms with van der Waals surface area (Å²) in [6.07, 6.45) is 4.19. The maximum Gasteiger partial charge on any atom is 0.250 e. The number of rotatable bonds is 7. The molecular weight excluding hydrogens is 332 g/mol. The van der Waals surface area contributed by atoms with Crippen LogP contribution in [0.3, 0.4) is 0 Å². The highest BCUT2D eigenvalue weighted by atomic mass is 35.5. The van der Waals surface area contributed by atoms with Crippen LogP contribution in [0.25, 0.3) is 6.08 Å². The third kappa shape index (κ3) is 5.65. The van der Waals surface area contributed by atoms with E-state index in [2.05, 4.69) is 34.7 Å². The molecule has 0 bridgehead atoms. The molecule has 1 amide bonds. The summed E-state index contributed by atoms with van der Waals surface area (Å²) < 4.78 is 0. The molecule has 0 saturated carbocycles. The van der Waals surface area contributed by atoms with E-state index >= 15 is 0 Å². The second kappa shape index (κ2) is 8.64. The van der Waals surface area contributed by atoms with Gasteiger partial charge in [0.25, 0.3) is 0 Å². The molecule has 1 aromatic carbocycles. The molecule has 1 atom stereocenters. The van der Waals surface area contributed by atoms with Gasteiger partial charge in [-0.2, -0.15) is 0 Å². The molecule has 122 valence electrons. The molecule has 0 radical (unpaired) electrons. The predicted molar refractivity (Wildman–Crippen MR) is 97.0 cm³/mol. The van der Waals surface area contributed by atoms with Gasteiger partial charge in [-0.3, -0.25) is 10.1 Å². The Morgan fingerprint density at radius 1 is 1.35 bits per heavy atom. The van der Waals surface area contributed by atoms with Crippen LogP contribution in [-0.4, -0.2) is 22.6 Å². The first-order valence-corrected chi connectivity index (χ1v) is 8.59. The van der Waals surface area contributed by atoms with Gasteiger partial charge in [-0.15, -0.1) is 10.2 Å². The van der Waals surface area contributed by atoms with Crippen LogP contribution in [-0.2, 0) is 4.79 Å². The molecule has 0 aliphatic carbocycles. The topological polar surface area (TPSA) is 66.9 Å². The number of halogens is 1. The van der Waals surface area contributed by atoms with E-state index in [0.717, 1.165) is 18.5 Å².